The summed E-state index contributed by atoms with van der Waals surface area (Å²) in [6, 6.07) is 31.6. The summed E-state index contributed by atoms with van der Waals surface area (Å²) in [4.78, 5) is 9.76. The number of rotatable bonds is 2. The molecule has 4 aromatic carbocycles. The van der Waals surface area contributed by atoms with Gasteiger partial charge in [-0.15, -0.1) is 0 Å². The van der Waals surface area contributed by atoms with Gasteiger partial charge in [-0.2, -0.15) is 0 Å². The number of aryl methyl sites for hydroxylation is 1. The van der Waals surface area contributed by atoms with Gasteiger partial charge >= 0.3 is 0 Å². The molecule has 0 atom stereocenters. The molecular formula is C25H18N2. The minimum atomic E-state index is 0.932. The van der Waals surface area contributed by atoms with Crippen LogP contribution in [-0.2, 0) is 0 Å². The lowest BCUT2D eigenvalue weighted by Crippen LogP contribution is -1.94. The van der Waals surface area contributed by atoms with Crippen LogP contribution in [0.15, 0.2) is 91.0 Å². The molecule has 0 saturated heterocycles. The van der Waals surface area contributed by atoms with Gasteiger partial charge in [0, 0.05) is 5.56 Å². The van der Waals surface area contributed by atoms with Crippen molar-refractivity contribution in [3.8, 4) is 22.4 Å². The van der Waals surface area contributed by atoms with Crippen molar-refractivity contribution in [1.29, 1.82) is 0 Å². The molecule has 5 rings (SSSR count). The molecule has 0 saturated carbocycles. The van der Waals surface area contributed by atoms with E-state index in [-0.39, 0.29) is 0 Å². The van der Waals surface area contributed by atoms with Gasteiger partial charge in [0.05, 0.1) is 22.4 Å². The Hall–Kier alpha value is -3.52. The standard InChI is InChI=1S/C25H18N2/c1-17-25(20-13-11-19(12-14-20)18-7-3-2-4-8-18)27-24-16-22-10-6-5-9-21(22)15-23(24)26-17/h2-16H,1H3. The van der Waals surface area contributed by atoms with Crippen molar-refractivity contribution in [1.82, 2.24) is 9.97 Å². The van der Waals surface area contributed by atoms with E-state index < -0.39 is 0 Å². The van der Waals surface area contributed by atoms with E-state index >= 15 is 0 Å². The molecule has 0 aliphatic rings. The summed E-state index contributed by atoms with van der Waals surface area (Å²) in [6.45, 7) is 2.03. The first-order valence-electron chi connectivity index (χ1n) is 9.11. The minimum Gasteiger partial charge on any atom is -0.249 e. The highest BCUT2D eigenvalue weighted by molar-refractivity contribution is 5.95. The SMILES string of the molecule is Cc1nc2cc3ccccc3cc2nc1-c1ccc(-c2ccccc2)cc1. The van der Waals surface area contributed by atoms with E-state index in [1.54, 1.807) is 0 Å². The lowest BCUT2D eigenvalue weighted by molar-refractivity contribution is 1.19. The van der Waals surface area contributed by atoms with Crippen LogP contribution in [-0.4, -0.2) is 9.97 Å². The van der Waals surface area contributed by atoms with Gasteiger partial charge in [-0.3, -0.25) is 0 Å². The van der Waals surface area contributed by atoms with Crippen molar-refractivity contribution in [3.63, 3.8) is 0 Å². The number of nitrogens with zero attached hydrogens (tertiary/aromatic N) is 2. The highest BCUT2D eigenvalue weighted by atomic mass is 14.8. The Bertz CT molecular complexity index is 1260. The molecule has 0 fully saturated rings. The summed E-state index contributed by atoms with van der Waals surface area (Å²) in [5.41, 5.74) is 7.28. The number of hydrogen-bond donors (Lipinski definition) is 0. The molecule has 2 nitrogen and oxygen atoms in total. The van der Waals surface area contributed by atoms with Crippen LogP contribution in [0.1, 0.15) is 5.69 Å². The zero-order valence-electron chi connectivity index (χ0n) is 15.1. The maximum atomic E-state index is 4.94. The quantitative estimate of drug-likeness (QED) is 0.344. The van der Waals surface area contributed by atoms with Crippen LogP contribution in [0.5, 0.6) is 0 Å². The highest BCUT2D eigenvalue weighted by Crippen LogP contribution is 2.28. The van der Waals surface area contributed by atoms with Gasteiger partial charge in [0.25, 0.3) is 0 Å². The van der Waals surface area contributed by atoms with Crippen molar-refractivity contribution in [2.75, 3.05) is 0 Å². The summed E-state index contributed by atoms with van der Waals surface area (Å²) < 4.78 is 0. The van der Waals surface area contributed by atoms with Gasteiger partial charge in [0.1, 0.15) is 0 Å². The predicted molar refractivity (Wildman–Crippen MR) is 113 cm³/mol. The molecule has 0 amide bonds. The minimum absolute atomic E-state index is 0.932. The lowest BCUT2D eigenvalue weighted by atomic mass is 10.0. The molecule has 128 valence electrons. The average Bonchev–Trinajstić information content (AvgIpc) is 2.73. The molecule has 1 aromatic heterocycles. The summed E-state index contributed by atoms with van der Waals surface area (Å²) >= 11 is 0. The molecule has 0 aliphatic carbocycles. The third kappa shape index (κ3) is 2.85. The molecule has 0 unspecified atom stereocenters. The second kappa shape index (κ2) is 6.33. The van der Waals surface area contributed by atoms with Crippen LogP contribution < -0.4 is 0 Å². The van der Waals surface area contributed by atoms with E-state index in [1.165, 1.54) is 21.9 Å². The van der Waals surface area contributed by atoms with Crippen LogP contribution in [0.3, 0.4) is 0 Å². The van der Waals surface area contributed by atoms with E-state index in [1.807, 2.05) is 13.0 Å². The molecular weight excluding hydrogens is 328 g/mol. The largest absolute Gasteiger partial charge is 0.249 e. The van der Waals surface area contributed by atoms with Crippen LogP contribution in [0.4, 0.5) is 0 Å². The molecule has 2 heteroatoms. The fourth-order valence-electron chi connectivity index (χ4n) is 3.55. The maximum absolute atomic E-state index is 4.94. The van der Waals surface area contributed by atoms with Crippen LogP contribution in [0, 0.1) is 6.92 Å². The van der Waals surface area contributed by atoms with Crippen molar-refractivity contribution < 1.29 is 0 Å². The van der Waals surface area contributed by atoms with E-state index in [2.05, 4.69) is 84.9 Å². The van der Waals surface area contributed by atoms with Gasteiger partial charge in [-0.25, -0.2) is 9.97 Å². The third-order valence-electron chi connectivity index (χ3n) is 4.97. The van der Waals surface area contributed by atoms with Gasteiger partial charge in [0.15, 0.2) is 0 Å². The number of hydrogen-bond acceptors (Lipinski definition) is 2. The summed E-state index contributed by atoms with van der Waals surface area (Å²) in [6.07, 6.45) is 0. The monoisotopic (exact) mass is 346 g/mol. The number of aromatic nitrogens is 2. The zero-order chi connectivity index (χ0) is 18.2. The highest BCUT2D eigenvalue weighted by Gasteiger charge is 2.09. The summed E-state index contributed by atoms with van der Waals surface area (Å²) in [5.74, 6) is 0. The van der Waals surface area contributed by atoms with Gasteiger partial charge in [0.2, 0.25) is 0 Å². The second-order valence-corrected chi connectivity index (χ2v) is 6.79. The first-order valence-corrected chi connectivity index (χ1v) is 9.11. The van der Waals surface area contributed by atoms with Crippen molar-refractivity contribution >= 4 is 21.8 Å². The normalized spacial score (nSPS) is 11.1. The number of benzene rings is 4. The fourth-order valence-corrected chi connectivity index (χ4v) is 3.55. The molecule has 5 aromatic rings. The lowest BCUT2D eigenvalue weighted by Gasteiger charge is -2.09. The van der Waals surface area contributed by atoms with Crippen LogP contribution >= 0.6 is 0 Å². The Kier molecular flexibility index (Phi) is 3.68. The number of fused-ring (bicyclic) bond motifs is 2. The zero-order valence-corrected chi connectivity index (χ0v) is 15.1. The Morgan fingerprint density at radius 2 is 1.04 bits per heavy atom. The van der Waals surface area contributed by atoms with Gasteiger partial charge < -0.3 is 0 Å². The Labute approximate surface area is 158 Å². The van der Waals surface area contributed by atoms with Crippen LogP contribution in [0.2, 0.25) is 0 Å². The Balaban J connectivity index is 1.61. The second-order valence-electron chi connectivity index (χ2n) is 6.79. The smallest absolute Gasteiger partial charge is 0.0922 e. The first kappa shape index (κ1) is 15.7. The topological polar surface area (TPSA) is 25.8 Å². The Morgan fingerprint density at radius 3 is 1.70 bits per heavy atom. The maximum Gasteiger partial charge on any atom is 0.0922 e. The molecule has 0 spiro atoms. The molecule has 0 bridgehead atoms. The van der Waals surface area contributed by atoms with E-state index in [0.29, 0.717) is 0 Å². The molecule has 1 heterocycles. The summed E-state index contributed by atoms with van der Waals surface area (Å²) in [5, 5.41) is 2.38. The molecule has 0 radical (unpaired) electrons. The first-order chi connectivity index (χ1) is 13.3. The van der Waals surface area contributed by atoms with Gasteiger partial charge in [-0.05, 0) is 41.0 Å². The van der Waals surface area contributed by atoms with E-state index in [0.717, 1.165) is 28.0 Å². The van der Waals surface area contributed by atoms with Gasteiger partial charge in [-0.1, -0.05) is 78.9 Å². The van der Waals surface area contributed by atoms with Crippen molar-refractivity contribution in [2.24, 2.45) is 0 Å². The molecule has 0 N–H and O–H groups in total. The van der Waals surface area contributed by atoms with E-state index in [9.17, 15) is 0 Å². The fraction of sp³-hybridized carbons (Fsp3) is 0.0400. The molecule has 0 aliphatic heterocycles. The predicted octanol–water partition coefficient (Wildman–Crippen LogP) is 6.43. The van der Waals surface area contributed by atoms with Crippen LogP contribution in [0.25, 0.3) is 44.2 Å². The Morgan fingerprint density at radius 1 is 0.519 bits per heavy atom. The third-order valence-corrected chi connectivity index (χ3v) is 4.97. The average molecular weight is 346 g/mol. The molecule has 27 heavy (non-hydrogen) atoms. The van der Waals surface area contributed by atoms with Crippen molar-refractivity contribution in [3.05, 3.63) is 96.7 Å². The van der Waals surface area contributed by atoms with E-state index in [4.69, 9.17) is 9.97 Å². The summed E-state index contributed by atoms with van der Waals surface area (Å²) in [7, 11) is 0. The van der Waals surface area contributed by atoms with Crippen molar-refractivity contribution in [2.45, 2.75) is 6.92 Å².